The van der Waals surface area contributed by atoms with Gasteiger partial charge in [0.15, 0.2) is 5.82 Å². The normalized spacial score (nSPS) is 11.1. The molecule has 1 aromatic carbocycles. The van der Waals surface area contributed by atoms with Crippen LogP contribution < -0.4 is 5.73 Å². The van der Waals surface area contributed by atoms with Crippen LogP contribution in [0.3, 0.4) is 0 Å². The smallest absolute Gasteiger partial charge is 0.153 e. The fourth-order valence-corrected chi connectivity index (χ4v) is 1.72. The van der Waals surface area contributed by atoms with Crippen molar-refractivity contribution >= 4 is 16.6 Å². The first-order valence-electron chi connectivity index (χ1n) is 4.71. The first-order chi connectivity index (χ1) is 7.75. The monoisotopic (exact) mass is 217 g/mol. The van der Waals surface area contributed by atoms with Gasteiger partial charge in [-0.3, -0.25) is 5.10 Å². The summed E-state index contributed by atoms with van der Waals surface area (Å²) in [5, 5.41) is 7.35. The number of furan rings is 1. The summed E-state index contributed by atoms with van der Waals surface area (Å²) in [7, 11) is 0. The van der Waals surface area contributed by atoms with Crippen LogP contribution in [0, 0.1) is 5.82 Å². The Hall–Kier alpha value is -2.30. The van der Waals surface area contributed by atoms with Gasteiger partial charge in [-0.05, 0) is 18.2 Å². The van der Waals surface area contributed by atoms with E-state index in [0.717, 1.165) is 5.56 Å². The van der Waals surface area contributed by atoms with E-state index in [2.05, 4.69) is 10.2 Å². The average Bonchev–Trinajstić information content (AvgIpc) is 2.83. The van der Waals surface area contributed by atoms with E-state index in [1.54, 1.807) is 24.7 Å². The Morgan fingerprint density at radius 3 is 3.00 bits per heavy atom. The highest BCUT2D eigenvalue weighted by molar-refractivity contribution is 5.94. The van der Waals surface area contributed by atoms with Gasteiger partial charge in [-0.15, -0.1) is 0 Å². The summed E-state index contributed by atoms with van der Waals surface area (Å²) in [6, 6.07) is 4.71. The minimum atomic E-state index is -0.430. The Bertz CT molecular complexity index is 643. The maximum absolute atomic E-state index is 13.5. The van der Waals surface area contributed by atoms with Crippen molar-refractivity contribution < 1.29 is 8.81 Å². The molecule has 4 nitrogen and oxygen atoms in total. The molecule has 0 saturated heterocycles. The van der Waals surface area contributed by atoms with Gasteiger partial charge in [0.25, 0.3) is 0 Å². The maximum Gasteiger partial charge on any atom is 0.153 e. The fraction of sp³-hybridized carbons (Fsp3) is 0. The molecule has 0 aliphatic rings. The highest BCUT2D eigenvalue weighted by Crippen LogP contribution is 2.29. The van der Waals surface area contributed by atoms with E-state index in [1.165, 1.54) is 6.07 Å². The van der Waals surface area contributed by atoms with Gasteiger partial charge in [-0.25, -0.2) is 4.39 Å². The molecular weight excluding hydrogens is 209 g/mol. The van der Waals surface area contributed by atoms with Crippen molar-refractivity contribution in [3.8, 4) is 11.3 Å². The fourth-order valence-electron chi connectivity index (χ4n) is 1.72. The van der Waals surface area contributed by atoms with E-state index in [4.69, 9.17) is 10.2 Å². The number of fused-ring (bicyclic) bond motifs is 1. The lowest BCUT2D eigenvalue weighted by molar-refractivity contribution is 0.568. The van der Waals surface area contributed by atoms with Crippen LogP contribution in [0.4, 0.5) is 10.1 Å². The van der Waals surface area contributed by atoms with Crippen LogP contribution in [-0.2, 0) is 0 Å². The molecule has 0 atom stereocenters. The van der Waals surface area contributed by atoms with E-state index >= 15 is 0 Å². The largest absolute Gasteiger partial charge is 0.472 e. The summed E-state index contributed by atoms with van der Waals surface area (Å²) < 4.78 is 18.5. The zero-order valence-electron chi connectivity index (χ0n) is 8.20. The molecule has 0 saturated carbocycles. The quantitative estimate of drug-likeness (QED) is 0.615. The molecule has 0 spiro atoms. The zero-order chi connectivity index (χ0) is 11.1. The van der Waals surface area contributed by atoms with Gasteiger partial charge in [0.05, 0.1) is 18.2 Å². The van der Waals surface area contributed by atoms with Crippen LogP contribution in [0.2, 0.25) is 0 Å². The number of nitrogens with one attached hydrogen (secondary N) is 1. The molecule has 0 bridgehead atoms. The van der Waals surface area contributed by atoms with Crippen LogP contribution in [0.25, 0.3) is 22.2 Å². The van der Waals surface area contributed by atoms with E-state index in [0.29, 0.717) is 16.8 Å². The molecule has 16 heavy (non-hydrogen) atoms. The molecule has 2 aromatic heterocycles. The van der Waals surface area contributed by atoms with Crippen molar-refractivity contribution in [1.82, 2.24) is 10.2 Å². The standard InChI is InChI=1S/C11H8FN3O/c12-9-4-7(13)3-8-10(14-15-11(8)9)6-1-2-16-5-6/h1-5H,13H2,(H,14,15). The van der Waals surface area contributed by atoms with Crippen molar-refractivity contribution in [2.75, 3.05) is 5.73 Å². The summed E-state index contributed by atoms with van der Waals surface area (Å²) >= 11 is 0. The number of aromatic amines is 1. The summed E-state index contributed by atoms with van der Waals surface area (Å²) in [6.07, 6.45) is 3.11. The summed E-state index contributed by atoms with van der Waals surface area (Å²) in [4.78, 5) is 0. The van der Waals surface area contributed by atoms with Gasteiger partial charge in [-0.1, -0.05) is 0 Å². The van der Waals surface area contributed by atoms with Gasteiger partial charge >= 0.3 is 0 Å². The molecule has 3 rings (SSSR count). The van der Waals surface area contributed by atoms with Crippen molar-refractivity contribution in [1.29, 1.82) is 0 Å². The molecule has 3 N–H and O–H groups in total. The van der Waals surface area contributed by atoms with Gasteiger partial charge in [-0.2, -0.15) is 5.10 Å². The van der Waals surface area contributed by atoms with Gasteiger partial charge in [0.2, 0.25) is 0 Å². The zero-order valence-corrected chi connectivity index (χ0v) is 8.20. The number of halogens is 1. The Balaban J connectivity index is 2.35. The molecule has 0 fully saturated rings. The number of rotatable bonds is 1. The second-order valence-corrected chi connectivity index (χ2v) is 3.51. The summed E-state index contributed by atoms with van der Waals surface area (Å²) in [6.45, 7) is 0. The summed E-state index contributed by atoms with van der Waals surface area (Å²) in [5.41, 5.74) is 7.77. The lowest BCUT2D eigenvalue weighted by Gasteiger charge is -1.96. The minimum absolute atomic E-state index is 0.283. The number of nitrogens with zero attached hydrogens (tertiary/aromatic N) is 1. The predicted octanol–water partition coefficient (Wildman–Crippen LogP) is 2.54. The van der Waals surface area contributed by atoms with E-state index < -0.39 is 5.82 Å². The molecule has 0 unspecified atom stereocenters. The molecule has 80 valence electrons. The van der Waals surface area contributed by atoms with Gasteiger partial charge < -0.3 is 10.2 Å². The average molecular weight is 217 g/mol. The molecule has 0 aliphatic carbocycles. The van der Waals surface area contributed by atoms with Crippen LogP contribution in [-0.4, -0.2) is 10.2 Å². The molecule has 0 aliphatic heterocycles. The molecule has 3 aromatic rings. The molecule has 2 heterocycles. The van der Waals surface area contributed by atoms with Crippen LogP contribution in [0.5, 0.6) is 0 Å². The maximum atomic E-state index is 13.5. The molecule has 0 amide bonds. The number of hydrogen-bond donors (Lipinski definition) is 2. The van der Waals surface area contributed by atoms with Crippen LogP contribution in [0.15, 0.2) is 35.1 Å². The van der Waals surface area contributed by atoms with Gasteiger partial charge in [0, 0.05) is 16.6 Å². The van der Waals surface area contributed by atoms with E-state index in [1.807, 2.05) is 0 Å². The van der Waals surface area contributed by atoms with Crippen LogP contribution >= 0.6 is 0 Å². The highest BCUT2D eigenvalue weighted by atomic mass is 19.1. The summed E-state index contributed by atoms with van der Waals surface area (Å²) in [5.74, 6) is -0.430. The second-order valence-electron chi connectivity index (χ2n) is 3.51. The minimum Gasteiger partial charge on any atom is -0.472 e. The number of aromatic nitrogens is 2. The Morgan fingerprint density at radius 1 is 1.38 bits per heavy atom. The Morgan fingerprint density at radius 2 is 2.25 bits per heavy atom. The SMILES string of the molecule is Nc1cc(F)c2n[nH]c(-c3ccoc3)c2c1. The van der Waals surface area contributed by atoms with Crippen molar-refractivity contribution in [3.63, 3.8) is 0 Å². The lowest BCUT2D eigenvalue weighted by Crippen LogP contribution is -1.87. The van der Waals surface area contributed by atoms with E-state index in [9.17, 15) is 4.39 Å². The van der Waals surface area contributed by atoms with Gasteiger partial charge in [0.1, 0.15) is 5.52 Å². The first kappa shape index (κ1) is 8.96. The van der Waals surface area contributed by atoms with Crippen LogP contribution in [0.1, 0.15) is 0 Å². The van der Waals surface area contributed by atoms with E-state index in [-0.39, 0.29) is 5.52 Å². The third-order valence-corrected chi connectivity index (χ3v) is 2.44. The highest BCUT2D eigenvalue weighted by Gasteiger charge is 2.12. The Kier molecular flexibility index (Phi) is 1.73. The molecule has 5 heteroatoms. The molecular formula is C11H8FN3O. The number of nitrogen functional groups attached to an aromatic ring is 1. The topological polar surface area (TPSA) is 67.8 Å². The number of hydrogen-bond acceptors (Lipinski definition) is 3. The second kappa shape index (κ2) is 3.10. The third kappa shape index (κ3) is 1.18. The Labute approximate surface area is 89.9 Å². The number of nitrogens with two attached hydrogens (primary N) is 1. The first-order valence-corrected chi connectivity index (χ1v) is 4.71. The van der Waals surface area contributed by atoms with Crippen molar-refractivity contribution in [2.24, 2.45) is 0 Å². The predicted molar refractivity (Wildman–Crippen MR) is 58.2 cm³/mol. The van der Waals surface area contributed by atoms with Crippen molar-refractivity contribution in [3.05, 3.63) is 36.5 Å². The van der Waals surface area contributed by atoms with Crippen molar-refractivity contribution in [2.45, 2.75) is 0 Å². The molecule has 0 radical (unpaired) electrons. The number of benzene rings is 1. The third-order valence-electron chi connectivity index (χ3n) is 2.44. The number of anilines is 1. The lowest BCUT2D eigenvalue weighted by atomic mass is 10.1. The number of H-pyrrole nitrogens is 1.